The normalized spacial score (nSPS) is 11.5. The predicted molar refractivity (Wildman–Crippen MR) is 126 cm³/mol. The zero-order valence-corrected chi connectivity index (χ0v) is 18.5. The van der Waals surface area contributed by atoms with Gasteiger partial charge in [-0.05, 0) is 39.0 Å². The lowest BCUT2D eigenvalue weighted by molar-refractivity contribution is -0.121. The van der Waals surface area contributed by atoms with Gasteiger partial charge in [-0.1, -0.05) is 30.3 Å². The van der Waals surface area contributed by atoms with Crippen LogP contribution in [0.4, 0.5) is 5.69 Å². The number of Topliss-reactive ketones (excluding diaryl/α,β-unsaturated/α-hetero) is 1. The number of nitrogens with one attached hydrogen (secondary N) is 1. The second-order valence-electron chi connectivity index (χ2n) is 7.02. The molecule has 0 unspecified atom stereocenters. The van der Waals surface area contributed by atoms with Gasteiger partial charge in [0.15, 0.2) is 5.78 Å². The Morgan fingerprint density at radius 2 is 1.80 bits per heavy atom. The standard InChI is InChI=1S/C24H27N3O2S/c1-4-27(5-2)19-10-8-9-18(15-19)22(28)13-14-24(29)26-25-17(3)21-16-30-23-12-7-6-11-20(21)23/h6-12,15-16H,4-5,13-14H2,1-3H3,(H,26,29)/b25-17+. The molecule has 0 fully saturated rings. The summed E-state index contributed by atoms with van der Waals surface area (Å²) in [6.45, 7) is 7.81. The zero-order valence-electron chi connectivity index (χ0n) is 17.6. The van der Waals surface area contributed by atoms with E-state index in [-0.39, 0.29) is 24.5 Å². The molecule has 3 aromatic rings. The van der Waals surface area contributed by atoms with Gasteiger partial charge in [-0.25, -0.2) is 5.43 Å². The number of rotatable bonds is 9. The van der Waals surface area contributed by atoms with Crippen LogP contribution in [-0.2, 0) is 4.79 Å². The van der Waals surface area contributed by atoms with Crippen LogP contribution in [0, 0.1) is 0 Å². The molecule has 0 radical (unpaired) electrons. The van der Waals surface area contributed by atoms with Gasteiger partial charge in [0, 0.05) is 58.2 Å². The fourth-order valence-electron chi connectivity index (χ4n) is 3.36. The van der Waals surface area contributed by atoms with Crippen LogP contribution < -0.4 is 10.3 Å². The molecule has 0 bridgehead atoms. The molecule has 0 aliphatic carbocycles. The van der Waals surface area contributed by atoms with Crippen molar-refractivity contribution in [2.75, 3.05) is 18.0 Å². The Labute approximate surface area is 181 Å². The number of nitrogens with zero attached hydrogens (tertiary/aromatic N) is 2. The van der Waals surface area contributed by atoms with Crippen LogP contribution in [0.2, 0.25) is 0 Å². The topological polar surface area (TPSA) is 61.8 Å². The van der Waals surface area contributed by atoms with Crippen molar-refractivity contribution in [2.24, 2.45) is 5.10 Å². The molecule has 30 heavy (non-hydrogen) atoms. The van der Waals surface area contributed by atoms with Crippen LogP contribution in [0.15, 0.2) is 59.0 Å². The Hall–Kier alpha value is -2.99. The third-order valence-corrected chi connectivity index (χ3v) is 6.06. The van der Waals surface area contributed by atoms with E-state index in [2.05, 4.69) is 35.3 Å². The molecule has 0 aliphatic heterocycles. The number of anilines is 1. The lowest BCUT2D eigenvalue weighted by atomic mass is 10.1. The van der Waals surface area contributed by atoms with Gasteiger partial charge in [0.25, 0.3) is 0 Å². The summed E-state index contributed by atoms with van der Waals surface area (Å²) >= 11 is 1.65. The lowest BCUT2D eigenvalue weighted by Crippen LogP contribution is -2.22. The van der Waals surface area contributed by atoms with E-state index in [4.69, 9.17) is 0 Å². The molecule has 6 heteroatoms. The number of benzene rings is 2. The van der Waals surface area contributed by atoms with Gasteiger partial charge < -0.3 is 4.90 Å². The fourth-order valence-corrected chi connectivity index (χ4v) is 4.36. The Morgan fingerprint density at radius 1 is 1.03 bits per heavy atom. The molecule has 0 saturated carbocycles. The smallest absolute Gasteiger partial charge is 0.240 e. The van der Waals surface area contributed by atoms with Crippen molar-refractivity contribution in [3.8, 4) is 0 Å². The summed E-state index contributed by atoms with van der Waals surface area (Å²) < 4.78 is 1.19. The minimum Gasteiger partial charge on any atom is -0.372 e. The molecular weight excluding hydrogens is 394 g/mol. The zero-order chi connectivity index (χ0) is 21.5. The molecular formula is C24H27N3O2S. The number of carbonyl (C=O) groups excluding carboxylic acids is 2. The maximum atomic E-state index is 12.5. The second kappa shape index (κ2) is 10.2. The van der Waals surface area contributed by atoms with Crippen molar-refractivity contribution in [1.82, 2.24) is 5.43 Å². The van der Waals surface area contributed by atoms with Crippen LogP contribution in [-0.4, -0.2) is 30.5 Å². The predicted octanol–water partition coefficient (Wildman–Crippen LogP) is 5.25. The largest absolute Gasteiger partial charge is 0.372 e. The van der Waals surface area contributed by atoms with Gasteiger partial charge in [-0.15, -0.1) is 11.3 Å². The van der Waals surface area contributed by atoms with Gasteiger partial charge in [0.1, 0.15) is 0 Å². The van der Waals surface area contributed by atoms with E-state index in [1.54, 1.807) is 17.4 Å². The third-order valence-electron chi connectivity index (χ3n) is 5.09. The molecule has 0 aliphatic rings. The fraction of sp³-hybridized carbons (Fsp3) is 0.292. The molecule has 1 amide bonds. The van der Waals surface area contributed by atoms with Crippen molar-refractivity contribution in [3.63, 3.8) is 0 Å². The van der Waals surface area contributed by atoms with Crippen LogP contribution in [0.1, 0.15) is 49.5 Å². The molecule has 0 spiro atoms. The summed E-state index contributed by atoms with van der Waals surface area (Å²) in [5, 5.41) is 7.40. The van der Waals surface area contributed by atoms with E-state index in [1.165, 1.54) is 4.70 Å². The maximum absolute atomic E-state index is 12.5. The number of thiophene rings is 1. The van der Waals surface area contributed by atoms with E-state index in [1.807, 2.05) is 48.7 Å². The quantitative estimate of drug-likeness (QED) is 0.292. The molecule has 1 heterocycles. The van der Waals surface area contributed by atoms with Gasteiger partial charge in [0.05, 0.1) is 5.71 Å². The number of carbonyl (C=O) groups is 2. The van der Waals surface area contributed by atoms with Crippen molar-refractivity contribution < 1.29 is 9.59 Å². The van der Waals surface area contributed by atoms with Crippen molar-refractivity contribution in [3.05, 3.63) is 65.0 Å². The Bertz CT molecular complexity index is 1070. The monoisotopic (exact) mass is 421 g/mol. The first-order valence-electron chi connectivity index (χ1n) is 10.2. The van der Waals surface area contributed by atoms with Crippen molar-refractivity contribution in [1.29, 1.82) is 0 Å². The van der Waals surface area contributed by atoms with Crippen LogP contribution in [0.5, 0.6) is 0 Å². The number of hydrogen-bond acceptors (Lipinski definition) is 5. The van der Waals surface area contributed by atoms with E-state index < -0.39 is 0 Å². The second-order valence-corrected chi connectivity index (χ2v) is 7.93. The van der Waals surface area contributed by atoms with E-state index in [9.17, 15) is 9.59 Å². The molecule has 1 aromatic heterocycles. The third kappa shape index (κ3) is 5.13. The minimum absolute atomic E-state index is 0.0383. The summed E-state index contributed by atoms with van der Waals surface area (Å²) in [5.74, 6) is -0.300. The van der Waals surface area contributed by atoms with Gasteiger partial charge in [0.2, 0.25) is 5.91 Å². The van der Waals surface area contributed by atoms with E-state index in [0.717, 1.165) is 35.4 Å². The molecule has 1 N–H and O–H groups in total. The van der Waals surface area contributed by atoms with Crippen LogP contribution in [0.3, 0.4) is 0 Å². The van der Waals surface area contributed by atoms with Crippen molar-refractivity contribution >= 4 is 44.5 Å². The lowest BCUT2D eigenvalue weighted by Gasteiger charge is -2.21. The minimum atomic E-state index is -0.262. The highest BCUT2D eigenvalue weighted by molar-refractivity contribution is 7.17. The Balaban J connectivity index is 1.57. The van der Waals surface area contributed by atoms with Crippen molar-refractivity contribution in [2.45, 2.75) is 33.6 Å². The summed E-state index contributed by atoms with van der Waals surface area (Å²) in [7, 11) is 0. The number of fused-ring (bicyclic) bond motifs is 1. The number of hydrazone groups is 1. The van der Waals surface area contributed by atoms with Gasteiger partial charge in [-0.3, -0.25) is 9.59 Å². The Kier molecular flexibility index (Phi) is 7.36. The summed E-state index contributed by atoms with van der Waals surface area (Å²) in [5.41, 5.74) is 6.01. The van der Waals surface area contributed by atoms with E-state index in [0.29, 0.717) is 5.56 Å². The highest BCUT2D eigenvalue weighted by Crippen LogP contribution is 2.26. The maximum Gasteiger partial charge on any atom is 0.240 e. The number of amides is 1. The highest BCUT2D eigenvalue weighted by Gasteiger charge is 2.12. The summed E-state index contributed by atoms with van der Waals surface area (Å²) in [6.07, 6.45) is 0.263. The highest BCUT2D eigenvalue weighted by atomic mass is 32.1. The number of ketones is 1. The summed E-state index contributed by atoms with van der Waals surface area (Å²) in [6, 6.07) is 15.7. The van der Waals surface area contributed by atoms with E-state index >= 15 is 0 Å². The average Bonchev–Trinajstić information content (AvgIpc) is 3.21. The number of hydrogen-bond donors (Lipinski definition) is 1. The molecule has 0 atom stereocenters. The first kappa shape index (κ1) is 21.7. The average molecular weight is 422 g/mol. The Morgan fingerprint density at radius 3 is 2.57 bits per heavy atom. The first-order valence-corrected chi connectivity index (χ1v) is 11.1. The molecule has 3 rings (SSSR count). The molecule has 2 aromatic carbocycles. The molecule has 5 nitrogen and oxygen atoms in total. The van der Waals surface area contributed by atoms with Crippen LogP contribution >= 0.6 is 11.3 Å². The summed E-state index contributed by atoms with van der Waals surface area (Å²) in [4.78, 5) is 26.9. The van der Waals surface area contributed by atoms with Crippen LogP contribution in [0.25, 0.3) is 10.1 Å². The van der Waals surface area contributed by atoms with Gasteiger partial charge in [-0.2, -0.15) is 5.10 Å². The molecule has 0 saturated heterocycles. The molecule has 156 valence electrons. The van der Waals surface area contributed by atoms with Gasteiger partial charge >= 0.3 is 0 Å². The SMILES string of the molecule is CCN(CC)c1cccc(C(=O)CCC(=O)N/N=C(\C)c2csc3ccccc23)c1. The first-order chi connectivity index (χ1) is 14.5.